The molecule has 0 aliphatic heterocycles. The molecule has 1 aromatic heterocycles. The summed E-state index contributed by atoms with van der Waals surface area (Å²) < 4.78 is 18.6. The fraction of sp³-hybridized carbons (Fsp3) is 0.200. The monoisotopic (exact) mass is 372 g/mol. The smallest absolute Gasteiger partial charge is 0.220 e. The molecule has 0 saturated heterocycles. The Morgan fingerprint density at radius 2 is 1.88 bits per heavy atom. The minimum atomic E-state index is -0.306. The van der Waals surface area contributed by atoms with E-state index in [2.05, 4.69) is 10.3 Å². The number of oxazole rings is 1. The van der Waals surface area contributed by atoms with E-state index in [1.165, 1.54) is 12.1 Å². The van der Waals surface area contributed by atoms with E-state index in [-0.39, 0.29) is 24.2 Å². The van der Waals surface area contributed by atoms with Crippen molar-refractivity contribution < 1.29 is 13.6 Å². The van der Waals surface area contributed by atoms with Crippen LogP contribution in [0.3, 0.4) is 0 Å². The van der Waals surface area contributed by atoms with E-state index in [1.54, 1.807) is 30.5 Å². The predicted octanol–water partition coefficient (Wildman–Crippen LogP) is 4.94. The number of rotatable bonds is 6. The molecule has 0 spiro atoms. The summed E-state index contributed by atoms with van der Waals surface area (Å²) in [4.78, 5) is 16.3. The first-order valence-corrected chi connectivity index (χ1v) is 8.64. The Morgan fingerprint density at radius 1 is 1.19 bits per heavy atom. The second-order valence-electron chi connectivity index (χ2n) is 5.97. The molecular formula is C20H18ClFN2O2. The molecule has 2 aromatic carbocycles. The zero-order valence-electron chi connectivity index (χ0n) is 14.2. The zero-order chi connectivity index (χ0) is 18.5. The van der Waals surface area contributed by atoms with Crippen molar-refractivity contribution in [2.75, 3.05) is 0 Å². The zero-order valence-corrected chi connectivity index (χ0v) is 15.0. The summed E-state index contributed by atoms with van der Waals surface area (Å²) in [6, 6.07) is 13.2. The van der Waals surface area contributed by atoms with E-state index in [9.17, 15) is 9.18 Å². The molecule has 3 aromatic rings. The normalized spacial score (nSPS) is 12.0. The Balaban J connectivity index is 1.53. The SMILES string of the molecule is C[C@@H](NC(=O)CCc1ncc(-c2ccc(F)cc2)o1)c1ccc(Cl)cc1. The van der Waals surface area contributed by atoms with Crippen molar-refractivity contribution >= 4 is 17.5 Å². The van der Waals surface area contributed by atoms with Crippen molar-refractivity contribution in [2.24, 2.45) is 0 Å². The van der Waals surface area contributed by atoms with Gasteiger partial charge in [-0.05, 0) is 48.9 Å². The summed E-state index contributed by atoms with van der Waals surface area (Å²) in [6.07, 6.45) is 2.23. The van der Waals surface area contributed by atoms with Gasteiger partial charge in [0.15, 0.2) is 11.7 Å². The molecule has 26 heavy (non-hydrogen) atoms. The van der Waals surface area contributed by atoms with Gasteiger partial charge in [-0.25, -0.2) is 9.37 Å². The van der Waals surface area contributed by atoms with Crippen LogP contribution in [-0.2, 0) is 11.2 Å². The maximum absolute atomic E-state index is 13.0. The van der Waals surface area contributed by atoms with Crippen LogP contribution in [0, 0.1) is 5.82 Å². The Morgan fingerprint density at radius 3 is 2.58 bits per heavy atom. The lowest BCUT2D eigenvalue weighted by Crippen LogP contribution is -2.26. The molecule has 0 radical (unpaired) electrons. The third kappa shape index (κ3) is 4.70. The molecule has 0 bridgehead atoms. The van der Waals surface area contributed by atoms with Crippen LogP contribution in [0.4, 0.5) is 4.39 Å². The number of hydrogen-bond acceptors (Lipinski definition) is 3. The van der Waals surface area contributed by atoms with Crippen molar-refractivity contribution in [1.82, 2.24) is 10.3 Å². The lowest BCUT2D eigenvalue weighted by molar-refractivity contribution is -0.121. The third-order valence-corrected chi connectivity index (χ3v) is 4.25. The van der Waals surface area contributed by atoms with Crippen molar-refractivity contribution in [3.05, 3.63) is 77.0 Å². The highest BCUT2D eigenvalue weighted by molar-refractivity contribution is 6.30. The Bertz CT molecular complexity index is 876. The van der Waals surface area contributed by atoms with E-state index in [4.69, 9.17) is 16.0 Å². The van der Waals surface area contributed by atoms with Gasteiger partial charge in [-0.3, -0.25) is 4.79 Å². The van der Waals surface area contributed by atoms with Crippen molar-refractivity contribution in [2.45, 2.75) is 25.8 Å². The number of aryl methyl sites for hydroxylation is 1. The average Bonchev–Trinajstić information content (AvgIpc) is 3.10. The highest BCUT2D eigenvalue weighted by Crippen LogP contribution is 2.21. The van der Waals surface area contributed by atoms with Gasteiger partial charge in [0, 0.05) is 23.4 Å². The first-order valence-electron chi connectivity index (χ1n) is 8.27. The summed E-state index contributed by atoms with van der Waals surface area (Å²) in [6.45, 7) is 1.92. The molecule has 0 unspecified atom stereocenters. The molecule has 1 heterocycles. The Hall–Kier alpha value is -2.66. The molecule has 1 amide bonds. The lowest BCUT2D eigenvalue weighted by atomic mass is 10.1. The molecule has 3 rings (SSSR count). The summed E-state index contributed by atoms with van der Waals surface area (Å²) in [5.74, 6) is 0.627. The van der Waals surface area contributed by atoms with Gasteiger partial charge in [-0.2, -0.15) is 0 Å². The molecule has 4 nitrogen and oxygen atoms in total. The van der Waals surface area contributed by atoms with E-state index >= 15 is 0 Å². The summed E-state index contributed by atoms with van der Waals surface area (Å²) >= 11 is 5.87. The van der Waals surface area contributed by atoms with Crippen molar-refractivity contribution in [3.63, 3.8) is 0 Å². The van der Waals surface area contributed by atoms with Crippen molar-refractivity contribution in [3.8, 4) is 11.3 Å². The van der Waals surface area contributed by atoms with Gasteiger partial charge >= 0.3 is 0 Å². The number of nitrogens with one attached hydrogen (secondary N) is 1. The average molecular weight is 373 g/mol. The maximum atomic E-state index is 13.0. The quantitative estimate of drug-likeness (QED) is 0.666. The van der Waals surface area contributed by atoms with Crippen LogP contribution in [0.15, 0.2) is 59.1 Å². The fourth-order valence-corrected chi connectivity index (χ4v) is 2.67. The van der Waals surface area contributed by atoms with Gasteiger partial charge in [-0.1, -0.05) is 23.7 Å². The molecule has 0 aliphatic carbocycles. The van der Waals surface area contributed by atoms with E-state index < -0.39 is 0 Å². The summed E-state index contributed by atoms with van der Waals surface area (Å²) in [7, 11) is 0. The van der Waals surface area contributed by atoms with Crippen LogP contribution < -0.4 is 5.32 Å². The molecule has 1 N–H and O–H groups in total. The van der Waals surface area contributed by atoms with Gasteiger partial charge in [0.1, 0.15) is 5.82 Å². The van der Waals surface area contributed by atoms with Gasteiger partial charge < -0.3 is 9.73 Å². The lowest BCUT2D eigenvalue weighted by Gasteiger charge is -2.14. The summed E-state index contributed by atoms with van der Waals surface area (Å²) in [5, 5.41) is 3.60. The fourth-order valence-electron chi connectivity index (χ4n) is 2.54. The number of benzene rings is 2. The highest BCUT2D eigenvalue weighted by atomic mass is 35.5. The van der Waals surface area contributed by atoms with Crippen LogP contribution in [0.25, 0.3) is 11.3 Å². The van der Waals surface area contributed by atoms with E-state index in [0.29, 0.717) is 23.1 Å². The molecule has 6 heteroatoms. The van der Waals surface area contributed by atoms with Crippen LogP contribution in [0.2, 0.25) is 5.02 Å². The number of amides is 1. The number of halogens is 2. The Labute approximate surface area is 156 Å². The van der Waals surface area contributed by atoms with E-state index in [0.717, 1.165) is 11.1 Å². The highest BCUT2D eigenvalue weighted by Gasteiger charge is 2.12. The first-order chi connectivity index (χ1) is 12.5. The molecule has 0 aliphatic rings. The van der Waals surface area contributed by atoms with Gasteiger partial charge in [0.25, 0.3) is 0 Å². The second kappa shape index (κ2) is 8.15. The molecule has 134 valence electrons. The van der Waals surface area contributed by atoms with Crippen LogP contribution in [0.5, 0.6) is 0 Å². The second-order valence-corrected chi connectivity index (χ2v) is 6.40. The first kappa shape index (κ1) is 18.1. The largest absolute Gasteiger partial charge is 0.441 e. The standard InChI is InChI=1S/C20H18ClFN2O2/c1-13(14-2-6-16(21)7-3-14)24-19(25)10-11-20-23-12-18(26-20)15-4-8-17(22)9-5-15/h2-9,12-13H,10-11H2,1H3,(H,24,25)/t13-/m1/s1. The van der Waals surface area contributed by atoms with E-state index in [1.807, 2.05) is 19.1 Å². The van der Waals surface area contributed by atoms with Crippen LogP contribution in [-0.4, -0.2) is 10.9 Å². The van der Waals surface area contributed by atoms with Crippen molar-refractivity contribution in [1.29, 1.82) is 0 Å². The molecule has 1 atom stereocenters. The maximum Gasteiger partial charge on any atom is 0.220 e. The molecule has 0 fully saturated rings. The third-order valence-electron chi connectivity index (χ3n) is 4.00. The predicted molar refractivity (Wildman–Crippen MR) is 98.2 cm³/mol. The minimum Gasteiger partial charge on any atom is -0.441 e. The topological polar surface area (TPSA) is 55.1 Å². The number of nitrogens with zero attached hydrogens (tertiary/aromatic N) is 1. The molecular weight excluding hydrogens is 355 g/mol. The minimum absolute atomic E-state index is 0.0889. The van der Waals surface area contributed by atoms with Gasteiger partial charge in [0.05, 0.1) is 12.2 Å². The Kier molecular flexibility index (Phi) is 5.68. The summed E-state index contributed by atoms with van der Waals surface area (Å²) in [5.41, 5.74) is 1.73. The number of hydrogen-bond donors (Lipinski definition) is 1. The number of carbonyl (C=O) groups excluding carboxylic acids is 1. The number of aromatic nitrogens is 1. The van der Waals surface area contributed by atoms with Crippen LogP contribution in [0.1, 0.15) is 30.8 Å². The molecule has 0 saturated carbocycles. The number of carbonyl (C=O) groups is 1. The van der Waals surface area contributed by atoms with Gasteiger partial charge in [0.2, 0.25) is 5.91 Å². The van der Waals surface area contributed by atoms with Gasteiger partial charge in [-0.15, -0.1) is 0 Å². The van der Waals surface area contributed by atoms with Crippen LogP contribution >= 0.6 is 11.6 Å².